The van der Waals surface area contributed by atoms with E-state index < -0.39 is 20.9 Å². The van der Waals surface area contributed by atoms with Crippen molar-refractivity contribution in [3.8, 4) is 0 Å². The van der Waals surface area contributed by atoms with E-state index in [1.807, 2.05) is 13.8 Å². The van der Waals surface area contributed by atoms with Crippen molar-refractivity contribution in [2.45, 2.75) is 37.2 Å². The van der Waals surface area contributed by atoms with Gasteiger partial charge < -0.3 is 9.64 Å². The molecule has 3 fully saturated rings. The Morgan fingerprint density at radius 3 is 2.96 bits per heavy atom. The highest BCUT2D eigenvalue weighted by Crippen LogP contribution is 2.46. The molecule has 3 aliphatic rings. The van der Waals surface area contributed by atoms with Gasteiger partial charge in [-0.1, -0.05) is 6.92 Å². The van der Waals surface area contributed by atoms with Crippen LogP contribution in [0.3, 0.4) is 0 Å². The molecule has 1 unspecified atom stereocenters. The highest BCUT2D eigenvalue weighted by atomic mass is 32.2. The Labute approximate surface area is 139 Å². The van der Waals surface area contributed by atoms with Crippen LogP contribution < -0.4 is 0 Å². The summed E-state index contributed by atoms with van der Waals surface area (Å²) in [4.78, 5) is 18.7. The van der Waals surface area contributed by atoms with E-state index in [4.69, 9.17) is 4.74 Å². The number of morpholine rings is 1. The molecule has 1 aromatic rings. The van der Waals surface area contributed by atoms with Gasteiger partial charge in [0.05, 0.1) is 17.7 Å². The maximum absolute atomic E-state index is 12.7. The lowest BCUT2D eigenvalue weighted by atomic mass is 9.99. The molecule has 23 heavy (non-hydrogen) atoms. The topological polar surface area (TPSA) is 79.8 Å². The average Bonchev–Trinajstić information content (AvgIpc) is 3.10. The zero-order valence-electron chi connectivity index (χ0n) is 13.1. The molecule has 126 valence electrons. The number of hydrogen-bond donors (Lipinski definition) is 0. The van der Waals surface area contributed by atoms with Crippen LogP contribution in [0.1, 0.15) is 28.8 Å². The number of fused-ring (bicyclic) bond motifs is 1. The maximum atomic E-state index is 12.7. The number of likely N-dealkylation sites (N-methyl/N-ethyl adjacent to an activating group) is 1. The van der Waals surface area contributed by atoms with Crippen molar-refractivity contribution < 1.29 is 17.9 Å². The van der Waals surface area contributed by atoms with Gasteiger partial charge in [-0.25, -0.2) is 13.4 Å². The molecule has 7 nitrogen and oxygen atoms in total. The van der Waals surface area contributed by atoms with Crippen molar-refractivity contribution in [2.75, 3.05) is 26.2 Å². The Bertz CT molecular complexity index is 762. The van der Waals surface area contributed by atoms with Gasteiger partial charge in [0.1, 0.15) is 16.5 Å². The van der Waals surface area contributed by atoms with Gasteiger partial charge in [-0.15, -0.1) is 11.3 Å². The van der Waals surface area contributed by atoms with E-state index in [1.165, 1.54) is 15.6 Å². The van der Waals surface area contributed by atoms with E-state index in [9.17, 15) is 13.2 Å². The highest BCUT2D eigenvalue weighted by Gasteiger charge is 2.65. The average molecular weight is 357 g/mol. The fourth-order valence-electron chi connectivity index (χ4n) is 4.01. The van der Waals surface area contributed by atoms with Crippen molar-refractivity contribution >= 4 is 27.3 Å². The Morgan fingerprint density at radius 1 is 1.52 bits per heavy atom. The molecular formula is C14H19N3O4S2. The molecule has 0 aliphatic carbocycles. The first-order valence-electron chi connectivity index (χ1n) is 7.74. The molecule has 3 saturated heterocycles. The Hall–Kier alpha value is -1.03. The summed E-state index contributed by atoms with van der Waals surface area (Å²) in [5.41, 5.74) is -0.340. The Balaban J connectivity index is 1.64. The molecule has 0 radical (unpaired) electrons. The second-order valence-electron chi connectivity index (χ2n) is 6.44. The summed E-state index contributed by atoms with van der Waals surface area (Å²) >= 11 is 1.44. The summed E-state index contributed by atoms with van der Waals surface area (Å²) in [6.07, 6.45) is 0.268. The summed E-state index contributed by atoms with van der Waals surface area (Å²) in [7, 11) is -3.33. The number of aryl methyl sites for hydroxylation is 1. The largest absolute Gasteiger partial charge is 0.365 e. The maximum Gasteiger partial charge on any atom is 0.273 e. The van der Waals surface area contributed by atoms with Gasteiger partial charge in [-0.2, -0.15) is 4.31 Å². The number of nitrogens with zero attached hydrogens (tertiary/aromatic N) is 3. The number of ether oxygens (including phenoxy) is 1. The van der Waals surface area contributed by atoms with Gasteiger partial charge in [0.2, 0.25) is 10.0 Å². The van der Waals surface area contributed by atoms with E-state index >= 15 is 0 Å². The predicted molar refractivity (Wildman–Crippen MR) is 84.9 cm³/mol. The molecule has 2 bridgehead atoms. The molecule has 1 aromatic heterocycles. The lowest BCUT2D eigenvalue weighted by molar-refractivity contribution is -0.0975. The van der Waals surface area contributed by atoms with Gasteiger partial charge in [0.15, 0.2) is 0 Å². The minimum atomic E-state index is -3.33. The molecular weight excluding hydrogens is 338 g/mol. The van der Waals surface area contributed by atoms with E-state index in [1.54, 1.807) is 10.3 Å². The number of carbonyl (C=O) groups excluding carboxylic acids is 1. The molecule has 0 aromatic carbocycles. The van der Waals surface area contributed by atoms with Crippen LogP contribution in [0, 0.1) is 6.92 Å². The number of sulfonamides is 1. The van der Waals surface area contributed by atoms with Crippen molar-refractivity contribution in [3.05, 3.63) is 16.1 Å². The summed E-state index contributed by atoms with van der Waals surface area (Å²) in [6.45, 7) is 5.23. The predicted octanol–water partition coefficient (Wildman–Crippen LogP) is 0.469. The number of aromatic nitrogens is 1. The summed E-state index contributed by atoms with van der Waals surface area (Å²) in [5.74, 6) is -0.130. The summed E-state index contributed by atoms with van der Waals surface area (Å²) in [5, 5.41) is 2.07. The molecule has 9 heteroatoms. The minimum absolute atomic E-state index is 0.130. The normalized spacial score (nSPS) is 35.5. The lowest BCUT2D eigenvalue weighted by Gasteiger charge is -2.39. The fraction of sp³-hybridized carbons (Fsp3) is 0.714. The van der Waals surface area contributed by atoms with E-state index in [0.717, 1.165) is 5.01 Å². The number of carbonyl (C=O) groups is 1. The number of amides is 1. The van der Waals surface area contributed by atoms with Gasteiger partial charge >= 0.3 is 0 Å². The summed E-state index contributed by atoms with van der Waals surface area (Å²) in [6, 6.07) is 0. The third kappa shape index (κ3) is 2.17. The van der Waals surface area contributed by atoms with Crippen LogP contribution in [0.4, 0.5) is 0 Å². The first kappa shape index (κ1) is 15.5. The summed E-state index contributed by atoms with van der Waals surface area (Å²) < 4.78 is 32.8. The Morgan fingerprint density at radius 2 is 2.30 bits per heavy atom. The van der Waals surface area contributed by atoms with Gasteiger partial charge in [0, 0.05) is 25.0 Å². The number of likely N-dealkylation sites (tertiary alicyclic amines) is 1. The molecule has 4 heterocycles. The monoisotopic (exact) mass is 357 g/mol. The zero-order valence-corrected chi connectivity index (χ0v) is 14.7. The zero-order chi connectivity index (χ0) is 16.4. The van der Waals surface area contributed by atoms with Crippen LogP contribution in [0.5, 0.6) is 0 Å². The quantitative estimate of drug-likeness (QED) is 0.769. The van der Waals surface area contributed by atoms with Gasteiger partial charge in [0.25, 0.3) is 5.91 Å². The smallest absolute Gasteiger partial charge is 0.273 e. The molecule has 0 N–H and O–H groups in total. The molecule has 3 aliphatic heterocycles. The number of rotatable bonds is 2. The SMILES string of the molecule is CCN1CC23CN(C(=O)c4csc(C)n4)C[C@@H](C[C@@H]2S1(=O)=O)O3. The second-order valence-corrected chi connectivity index (χ2v) is 9.62. The van der Waals surface area contributed by atoms with Crippen LogP contribution in [0.25, 0.3) is 0 Å². The first-order valence-corrected chi connectivity index (χ1v) is 10.1. The minimum Gasteiger partial charge on any atom is -0.365 e. The molecule has 0 saturated carbocycles. The van der Waals surface area contributed by atoms with Gasteiger partial charge in [-0.3, -0.25) is 4.79 Å². The number of hydrogen-bond acceptors (Lipinski definition) is 6. The lowest BCUT2D eigenvalue weighted by Crippen LogP contribution is -2.56. The van der Waals surface area contributed by atoms with Crippen molar-refractivity contribution in [3.63, 3.8) is 0 Å². The molecule has 1 amide bonds. The van der Waals surface area contributed by atoms with Crippen LogP contribution in [0.15, 0.2) is 5.38 Å². The van der Waals surface area contributed by atoms with Crippen LogP contribution in [-0.2, 0) is 14.8 Å². The van der Waals surface area contributed by atoms with Crippen LogP contribution in [0.2, 0.25) is 0 Å². The standard InChI is InChI=1S/C14H19N3O4S2/c1-3-17-8-14-7-16(13(18)11-6-22-9(2)15-11)5-10(21-14)4-12(14)23(17,19)20/h6,10,12H,3-5,7-8H2,1-2H3/t10-,12+,14?/m1/s1. The first-order chi connectivity index (χ1) is 10.9. The van der Waals surface area contributed by atoms with Crippen molar-refractivity contribution in [1.82, 2.24) is 14.2 Å². The van der Waals surface area contributed by atoms with E-state index in [0.29, 0.717) is 38.3 Å². The van der Waals surface area contributed by atoms with Crippen molar-refractivity contribution in [2.24, 2.45) is 0 Å². The molecule has 4 rings (SSSR count). The van der Waals surface area contributed by atoms with Crippen LogP contribution >= 0.6 is 11.3 Å². The number of thiazole rings is 1. The third-order valence-electron chi connectivity index (χ3n) is 4.99. The van der Waals surface area contributed by atoms with E-state index in [2.05, 4.69) is 4.98 Å². The molecule has 1 spiro atoms. The van der Waals surface area contributed by atoms with Crippen molar-refractivity contribution in [1.29, 1.82) is 0 Å². The van der Waals surface area contributed by atoms with Crippen LogP contribution in [-0.4, -0.2) is 71.6 Å². The molecule has 3 atom stereocenters. The van der Waals surface area contributed by atoms with Gasteiger partial charge in [-0.05, 0) is 13.3 Å². The fourth-order valence-corrected chi connectivity index (χ4v) is 6.92. The second kappa shape index (κ2) is 4.98. The Kier molecular flexibility index (Phi) is 3.36. The third-order valence-corrected chi connectivity index (χ3v) is 8.21. The highest BCUT2D eigenvalue weighted by molar-refractivity contribution is 7.90. The van der Waals surface area contributed by atoms with E-state index in [-0.39, 0.29) is 12.0 Å².